The first kappa shape index (κ1) is 77.6. The van der Waals surface area contributed by atoms with Crippen LogP contribution >= 0.6 is 0 Å². The molecule has 0 aromatic carbocycles. The maximum atomic E-state index is 13.3. The van der Waals surface area contributed by atoms with E-state index in [9.17, 15) is 40.5 Å². The molecule has 1 aliphatic heterocycles. The number of carbonyl (C=O) groups is 1. The van der Waals surface area contributed by atoms with Gasteiger partial charge in [0.05, 0.1) is 25.4 Å². The van der Waals surface area contributed by atoms with Crippen molar-refractivity contribution in [1.82, 2.24) is 5.32 Å². The van der Waals surface area contributed by atoms with Crippen molar-refractivity contribution >= 4 is 5.91 Å². The third kappa shape index (κ3) is 46.5. The fraction of sp³-hybridized carbons (Fsp3) is 0.929. The normalized spacial score (nSPS) is 19.2. The van der Waals surface area contributed by atoms with Gasteiger partial charge in [-0.1, -0.05) is 327 Å². The van der Waals surface area contributed by atoms with Gasteiger partial charge in [0, 0.05) is 0 Å². The van der Waals surface area contributed by atoms with Gasteiger partial charge in [-0.25, -0.2) is 0 Å². The van der Waals surface area contributed by atoms with Crippen molar-refractivity contribution in [3.63, 3.8) is 0 Å². The quantitative estimate of drug-likeness (QED) is 0.0215. The number of allylic oxidation sites excluding steroid dienone is 4. The van der Waals surface area contributed by atoms with Gasteiger partial charge in [-0.2, -0.15) is 0 Å². The third-order valence-corrected chi connectivity index (χ3v) is 17.3. The van der Waals surface area contributed by atoms with Gasteiger partial charge < -0.3 is 50.5 Å². The second-order valence-corrected chi connectivity index (χ2v) is 25.0. The zero-order valence-corrected chi connectivity index (χ0v) is 53.0. The van der Waals surface area contributed by atoms with E-state index in [1.807, 2.05) is 0 Å². The van der Waals surface area contributed by atoms with E-state index in [-0.39, 0.29) is 6.42 Å². The Labute approximate surface area is 499 Å². The number of hydrogen-bond donors (Lipinski definition) is 8. The number of ether oxygens (including phenoxy) is 2. The molecule has 1 fully saturated rings. The van der Waals surface area contributed by atoms with E-state index >= 15 is 0 Å². The summed E-state index contributed by atoms with van der Waals surface area (Å²) >= 11 is 0. The minimum atomic E-state index is -1.66. The highest BCUT2D eigenvalue weighted by Crippen LogP contribution is 2.24. The minimum absolute atomic E-state index is 0.261. The first-order valence-corrected chi connectivity index (χ1v) is 35.2. The van der Waals surface area contributed by atoms with Crippen molar-refractivity contribution < 1.29 is 50.0 Å². The summed E-state index contributed by atoms with van der Waals surface area (Å²) in [5.41, 5.74) is 0. The zero-order chi connectivity index (χ0) is 58.9. The van der Waals surface area contributed by atoms with Gasteiger partial charge in [0.1, 0.15) is 36.6 Å². The number of amides is 1. The summed E-state index contributed by atoms with van der Waals surface area (Å²) in [6.07, 6.45) is 62.5. The molecule has 1 amide bonds. The van der Waals surface area contributed by atoms with Crippen molar-refractivity contribution in [3.05, 3.63) is 24.3 Å². The molecule has 1 aliphatic rings. The molecule has 1 heterocycles. The van der Waals surface area contributed by atoms with Crippen LogP contribution < -0.4 is 5.32 Å². The van der Waals surface area contributed by atoms with Crippen LogP contribution in [0.15, 0.2) is 24.3 Å². The van der Waals surface area contributed by atoms with Crippen molar-refractivity contribution in [2.45, 2.75) is 403 Å². The summed E-state index contributed by atoms with van der Waals surface area (Å²) < 4.78 is 11.2. The molecule has 11 heteroatoms. The standard InChI is InChI=1S/C70H135NO10/c1-3-5-7-9-11-13-15-17-19-21-23-25-27-29-31-32-34-36-38-40-42-44-46-48-50-52-54-56-58-63(74)69(79)71-61(60-80-70-68(78)67(77)66(76)64(59-72)81-70)65(75)62(73)57-55-53-51-49-47-45-43-41-39-37-35-33-30-28-26-24-22-20-18-16-14-12-10-8-6-4-2/h23,25,29,31,61-68,70,72-78H,3-22,24,26-28,30,32-60H2,1-2H3,(H,71,79)/b25-23-,31-29-. The van der Waals surface area contributed by atoms with E-state index in [1.54, 1.807) is 0 Å². The number of unbranched alkanes of at least 4 members (excludes halogenated alkanes) is 46. The second-order valence-electron chi connectivity index (χ2n) is 25.0. The molecule has 0 bridgehead atoms. The van der Waals surface area contributed by atoms with Crippen LogP contribution in [0.4, 0.5) is 0 Å². The van der Waals surface area contributed by atoms with Gasteiger partial charge in [-0.3, -0.25) is 4.79 Å². The lowest BCUT2D eigenvalue weighted by atomic mass is 9.98. The third-order valence-electron chi connectivity index (χ3n) is 17.3. The lowest BCUT2D eigenvalue weighted by Gasteiger charge is -2.40. The Hall–Kier alpha value is -1.41. The van der Waals surface area contributed by atoms with Crippen molar-refractivity contribution in [3.8, 4) is 0 Å². The average Bonchev–Trinajstić information content (AvgIpc) is 3.51. The van der Waals surface area contributed by atoms with Crippen LogP contribution in [0.1, 0.15) is 348 Å². The molecule has 0 radical (unpaired) electrons. The Morgan fingerprint density at radius 3 is 1.10 bits per heavy atom. The molecule has 0 aromatic rings. The Kier molecular flexibility index (Phi) is 56.5. The highest BCUT2D eigenvalue weighted by atomic mass is 16.7. The highest BCUT2D eigenvalue weighted by Gasteiger charge is 2.44. The maximum Gasteiger partial charge on any atom is 0.249 e. The molecule has 0 saturated carbocycles. The van der Waals surface area contributed by atoms with Crippen molar-refractivity contribution in [1.29, 1.82) is 0 Å². The topological polar surface area (TPSA) is 189 Å². The van der Waals surface area contributed by atoms with Crippen LogP contribution in [-0.2, 0) is 14.3 Å². The molecule has 480 valence electrons. The first-order chi connectivity index (χ1) is 39.7. The Morgan fingerprint density at radius 2 is 0.753 bits per heavy atom. The maximum absolute atomic E-state index is 13.3. The number of rotatable bonds is 62. The zero-order valence-electron chi connectivity index (χ0n) is 53.0. The largest absolute Gasteiger partial charge is 0.394 e. The van der Waals surface area contributed by atoms with E-state index in [2.05, 4.69) is 43.5 Å². The predicted octanol–water partition coefficient (Wildman–Crippen LogP) is 16.8. The molecular weight excluding hydrogens is 1010 g/mol. The first-order valence-electron chi connectivity index (χ1n) is 35.2. The predicted molar refractivity (Wildman–Crippen MR) is 339 cm³/mol. The van der Waals surface area contributed by atoms with E-state index in [0.29, 0.717) is 19.3 Å². The summed E-state index contributed by atoms with van der Waals surface area (Å²) in [6, 6.07) is -1.17. The fourth-order valence-corrected chi connectivity index (χ4v) is 11.6. The number of nitrogens with one attached hydrogen (secondary N) is 1. The van der Waals surface area contributed by atoms with E-state index < -0.39 is 74.2 Å². The molecule has 1 saturated heterocycles. The van der Waals surface area contributed by atoms with E-state index in [4.69, 9.17) is 9.47 Å². The molecule has 81 heavy (non-hydrogen) atoms. The number of aliphatic hydroxyl groups excluding tert-OH is 7. The molecule has 0 aromatic heterocycles. The molecule has 9 atom stereocenters. The lowest BCUT2D eigenvalue weighted by Crippen LogP contribution is -2.60. The van der Waals surface area contributed by atoms with E-state index in [1.165, 1.54) is 263 Å². The Morgan fingerprint density at radius 1 is 0.432 bits per heavy atom. The van der Waals surface area contributed by atoms with Crippen LogP contribution in [0.3, 0.4) is 0 Å². The molecule has 11 nitrogen and oxygen atoms in total. The summed E-state index contributed by atoms with van der Waals surface area (Å²) in [4.78, 5) is 13.3. The Bertz CT molecular complexity index is 1370. The van der Waals surface area contributed by atoms with Crippen molar-refractivity contribution in [2.24, 2.45) is 0 Å². The molecule has 0 aliphatic carbocycles. The van der Waals surface area contributed by atoms with Crippen LogP contribution in [0.2, 0.25) is 0 Å². The smallest absolute Gasteiger partial charge is 0.249 e. The molecule has 1 rings (SSSR count). The van der Waals surface area contributed by atoms with Gasteiger partial charge in [0.2, 0.25) is 5.91 Å². The molecule has 0 spiro atoms. The summed E-state index contributed by atoms with van der Waals surface area (Å²) in [6.45, 7) is 3.51. The van der Waals surface area contributed by atoms with Gasteiger partial charge in [0.25, 0.3) is 0 Å². The number of aliphatic hydroxyl groups is 7. The lowest BCUT2D eigenvalue weighted by molar-refractivity contribution is -0.303. The summed E-state index contributed by atoms with van der Waals surface area (Å²) in [7, 11) is 0. The number of carbonyl (C=O) groups excluding carboxylic acids is 1. The molecular formula is C70H135NO10. The van der Waals surface area contributed by atoms with Gasteiger partial charge in [-0.15, -0.1) is 0 Å². The van der Waals surface area contributed by atoms with Crippen LogP contribution in [-0.4, -0.2) is 110 Å². The Balaban J connectivity index is 2.20. The van der Waals surface area contributed by atoms with Crippen LogP contribution in [0, 0.1) is 0 Å². The summed E-state index contributed by atoms with van der Waals surface area (Å²) in [5.74, 6) is -0.692. The highest BCUT2D eigenvalue weighted by molar-refractivity contribution is 5.80. The molecule has 8 N–H and O–H groups in total. The van der Waals surface area contributed by atoms with Crippen molar-refractivity contribution in [2.75, 3.05) is 13.2 Å². The van der Waals surface area contributed by atoms with Gasteiger partial charge in [-0.05, 0) is 44.9 Å². The number of hydrogen-bond acceptors (Lipinski definition) is 10. The second kappa shape index (κ2) is 58.9. The van der Waals surface area contributed by atoms with Gasteiger partial charge >= 0.3 is 0 Å². The minimum Gasteiger partial charge on any atom is -0.394 e. The average molecular weight is 1150 g/mol. The monoisotopic (exact) mass is 1150 g/mol. The SMILES string of the molecule is CCCCCCCCCCC/C=C\C/C=C\CCCCCCCCCCCCCCC(O)C(=O)NC(COC1OC(CO)C(O)C(O)C1O)C(O)C(O)CCCCCCCCCCCCCCCCCCCCCCCCCCCC. The van der Waals surface area contributed by atoms with Crippen LogP contribution in [0.5, 0.6) is 0 Å². The van der Waals surface area contributed by atoms with Gasteiger partial charge in [0.15, 0.2) is 6.29 Å². The summed E-state index contributed by atoms with van der Waals surface area (Å²) in [5, 5.41) is 76.6. The van der Waals surface area contributed by atoms with Crippen LogP contribution in [0.25, 0.3) is 0 Å². The fourth-order valence-electron chi connectivity index (χ4n) is 11.6. The van der Waals surface area contributed by atoms with E-state index in [0.717, 1.165) is 44.9 Å². The molecule has 9 unspecified atom stereocenters.